The summed E-state index contributed by atoms with van der Waals surface area (Å²) in [5.74, 6) is 0.653. The predicted molar refractivity (Wildman–Crippen MR) is 106 cm³/mol. The molecule has 0 unspecified atom stereocenters. The van der Waals surface area contributed by atoms with Crippen LogP contribution >= 0.6 is 24.0 Å². The number of nitrogens with one attached hydrogen (secondary N) is 2. The zero-order chi connectivity index (χ0) is 16.9. The van der Waals surface area contributed by atoms with Crippen LogP contribution in [0.25, 0.3) is 0 Å². The van der Waals surface area contributed by atoms with Gasteiger partial charge < -0.3 is 25.0 Å². The van der Waals surface area contributed by atoms with E-state index in [4.69, 9.17) is 9.47 Å². The second-order valence-corrected chi connectivity index (χ2v) is 5.61. The number of hydrogen-bond acceptors (Lipinski definition) is 5. The number of halogens is 1. The van der Waals surface area contributed by atoms with Gasteiger partial charge in [-0.3, -0.25) is 9.69 Å². The molecule has 8 nitrogen and oxygen atoms in total. The van der Waals surface area contributed by atoms with Crippen LogP contribution in [0.15, 0.2) is 4.99 Å². The van der Waals surface area contributed by atoms with Crippen molar-refractivity contribution in [1.82, 2.24) is 20.4 Å². The van der Waals surface area contributed by atoms with E-state index in [-0.39, 0.29) is 36.4 Å². The van der Waals surface area contributed by atoms with Crippen molar-refractivity contribution in [2.24, 2.45) is 4.99 Å². The smallest absolute Gasteiger partial charge is 0.243 e. The van der Waals surface area contributed by atoms with Crippen molar-refractivity contribution >= 4 is 35.8 Å². The van der Waals surface area contributed by atoms with Crippen LogP contribution in [0.4, 0.5) is 0 Å². The highest BCUT2D eigenvalue weighted by Crippen LogP contribution is 1.94. The number of morpholine rings is 1. The van der Waals surface area contributed by atoms with Crippen LogP contribution in [-0.4, -0.2) is 102 Å². The van der Waals surface area contributed by atoms with Crippen LogP contribution < -0.4 is 10.6 Å². The van der Waals surface area contributed by atoms with E-state index < -0.39 is 0 Å². The fourth-order valence-electron chi connectivity index (χ4n) is 2.04. The molecular weight excluding hydrogens is 425 g/mol. The van der Waals surface area contributed by atoms with Gasteiger partial charge in [-0.15, -0.1) is 24.0 Å². The Balaban J connectivity index is 0.00000529. The Kier molecular flexibility index (Phi) is 14.3. The lowest BCUT2D eigenvalue weighted by atomic mass is 10.4. The summed E-state index contributed by atoms with van der Waals surface area (Å²) in [6.45, 7) is 6.85. The van der Waals surface area contributed by atoms with Gasteiger partial charge in [0, 0.05) is 60.5 Å². The minimum Gasteiger partial charge on any atom is -0.385 e. The Morgan fingerprint density at radius 3 is 2.54 bits per heavy atom. The third-order valence-electron chi connectivity index (χ3n) is 3.51. The summed E-state index contributed by atoms with van der Waals surface area (Å²) in [5, 5.41) is 6.51. The summed E-state index contributed by atoms with van der Waals surface area (Å²) in [6, 6.07) is 0. The van der Waals surface area contributed by atoms with Crippen LogP contribution in [-0.2, 0) is 14.3 Å². The van der Waals surface area contributed by atoms with Gasteiger partial charge in [0.2, 0.25) is 5.91 Å². The number of nitrogens with zero attached hydrogens (tertiary/aromatic N) is 3. The maximum Gasteiger partial charge on any atom is 0.243 e. The maximum absolute atomic E-state index is 11.7. The number of ether oxygens (including phenoxy) is 2. The van der Waals surface area contributed by atoms with Gasteiger partial charge in [-0.1, -0.05) is 0 Å². The summed E-state index contributed by atoms with van der Waals surface area (Å²) in [5.41, 5.74) is 0. The SMILES string of the molecule is COCCCNC(=NCC(=O)N(C)C)NCCN1CCOCC1.I. The maximum atomic E-state index is 11.7. The molecule has 1 fully saturated rings. The Morgan fingerprint density at radius 1 is 1.25 bits per heavy atom. The quantitative estimate of drug-likeness (QED) is 0.212. The van der Waals surface area contributed by atoms with Crippen LogP contribution in [0.2, 0.25) is 0 Å². The van der Waals surface area contributed by atoms with Crippen LogP contribution in [0, 0.1) is 0 Å². The van der Waals surface area contributed by atoms with E-state index in [0.717, 1.165) is 52.4 Å². The Labute approximate surface area is 162 Å². The molecule has 0 radical (unpaired) electrons. The summed E-state index contributed by atoms with van der Waals surface area (Å²) >= 11 is 0. The molecular formula is C15H32IN5O3. The Bertz CT molecular complexity index is 363. The lowest BCUT2D eigenvalue weighted by Crippen LogP contribution is -2.45. The first-order chi connectivity index (χ1) is 11.1. The van der Waals surface area contributed by atoms with Crippen molar-refractivity contribution in [2.75, 3.05) is 80.3 Å². The molecule has 9 heteroatoms. The molecule has 0 bridgehead atoms. The average molecular weight is 457 g/mol. The van der Waals surface area contributed by atoms with Gasteiger partial charge in [0.05, 0.1) is 13.2 Å². The molecule has 142 valence electrons. The van der Waals surface area contributed by atoms with Gasteiger partial charge in [0.25, 0.3) is 0 Å². The van der Waals surface area contributed by atoms with Crippen molar-refractivity contribution in [2.45, 2.75) is 6.42 Å². The first kappa shape index (κ1) is 23.4. The van der Waals surface area contributed by atoms with Crippen molar-refractivity contribution in [3.05, 3.63) is 0 Å². The third kappa shape index (κ3) is 11.0. The standard InChI is InChI=1S/C15H31N5O3.HI/c1-19(2)14(21)13-18-15(16-5-4-10-22-3)17-6-7-20-8-11-23-12-9-20;/h4-13H2,1-3H3,(H2,16,17,18);1H. The molecule has 1 saturated heterocycles. The van der Waals surface area contributed by atoms with E-state index in [1.807, 2.05) is 0 Å². The number of guanidine groups is 1. The Morgan fingerprint density at radius 2 is 1.92 bits per heavy atom. The van der Waals surface area contributed by atoms with Gasteiger partial charge in [0.15, 0.2) is 5.96 Å². The second kappa shape index (κ2) is 14.7. The van der Waals surface area contributed by atoms with E-state index >= 15 is 0 Å². The number of hydrogen-bond donors (Lipinski definition) is 2. The number of amides is 1. The average Bonchev–Trinajstić information content (AvgIpc) is 2.56. The molecule has 0 saturated carbocycles. The van der Waals surface area contributed by atoms with Crippen LogP contribution in [0.5, 0.6) is 0 Å². The number of carbonyl (C=O) groups excluding carboxylic acids is 1. The fourth-order valence-corrected chi connectivity index (χ4v) is 2.04. The molecule has 0 aromatic carbocycles. The first-order valence-corrected chi connectivity index (χ1v) is 8.15. The third-order valence-corrected chi connectivity index (χ3v) is 3.51. The lowest BCUT2D eigenvalue weighted by Gasteiger charge is -2.26. The minimum absolute atomic E-state index is 0. The molecule has 0 aromatic rings. The summed E-state index contributed by atoms with van der Waals surface area (Å²) in [6.07, 6.45) is 0.891. The minimum atomic E-state index is -0.0174. The van der Waals surface area contributed by atoms with E-state index in [1.165, 1.54) is 0 Å². The van der Waals surface area contributed by atoms with Crippen LogP contribution in [0.3, 0.4) is 0 Å². The first-order valence-electron chi connectivity index (χ1n) is 8.15. The molecule has 24 heavy (non-hydrogen) atoms. The fraction of sp³-hybridized carbons (Fsp3) is 0.867. The van der Waals surface area contributed by atoms with Gasteiger partial charge in [-0.25, -0.2) is 4.99 Å². The number of likely N-dealkylation sites (N-methyl/N-ethyl adjacent to an activating group) is 1. The number of carbonyl (C=O) groups is 1. The molecule has 0 atom stereocenters. The molecule has 1 amide bonds. The number of aliphatic imine (C=N–C) groups is 1. The van der Waals surface area contributed by atoms with E-state index in [1.54, 1.807) is 26.1 Å². The molecule has 0 aliphatic carbocycles. The highest BCUT2D eigenvalue weighted by Gasteiger charge is 2.10. The monoisotopic (exact) mass is 457 g/mol. The van der Waals surface area contributed by atoms with Gasteiger partial charge >= 0.3 is 0 Å². The molecule has 1 heterocycles. The van der Waals surface area contributed by atoms with E-state index in [2.05, 4.69) is 20.5 Å². The molecule has 1 aliphatic rings. The lowest BCUT2D eigenvalue weighted by molar-refractivity contribution is -0.127. The summed E-state index contributed by atoms with van der Waals surface area (Å²) in [7, 11) is 5.15. The zero-order valence-corrected chi connectivity index (χ0v) is 17.4. The van der Waals surface area contributed by atoms with Gasteiger partial charge in [0.1, 0.15) is 6.54 Å². The zero-order valence-electron chi connectivity index (χ0n) is 15.0. The van der Waals surface area contributed by atoms with Crippen molar-refractivity contribution in [3.8, 4) is 0 Å². The molecule has 1 aliphatic heterocycles. The van der Waals surface area contributed by atoms with Gasteiger partial charge in [-0.05, 0) is 6.42 Å². The summed E-state index contributed by atoms with van der Waals surface area (Å²) in [4.78, 5) is 19.9. The van der Waals surface area contributed by atoms with Crippen molar-refractivity contribution in [3.63, 3.8) is 0 Å². The molecule has 2 N–H and O–H groups in total. The normalized spacial score (nSPS) is 15.5. The van der Waals surface area contributed by atoms with Crippen LogP contribution in [0.1, 0.15) is 6.42 Å². The summed E-state index contributed by atoms with van der Waals surface area (Å²) < 4.78 is 10.4. The molecule has 1 rings (SSSR count). The number of rotatable bonds is 9. The number of methoxy groups -OCH3 is 1. The van der Waals surface area contributed by atoms with E-state index in [0.29, 0.717) is 12.6 Å². The second-order valence-electron chi connectivity index (χ2n) is 5.61. The van der Waals surface area contributed by atoms with Gasteiger partial charge in [-0.2, -0.15) is 0 Å². The highest BCUT2D eigenvalue weighted by atomic mass is 127. The molecule has 0 spiro atoms. The predicted octanol–water partition coefficient (Wildman–Crippen LogP) is -0.403. The van der Waals surface area contributed by atoms with Crippen molar-refractivity contribution in [1.29, 1.82) is 0 Å². The van der Waals surface area contributed by atoms with Crippen molar-refractivity contribution < 1.29 is 14.3 Å². The Hall–Kier alpha value is -0.650. The van der Waals surface area contributed by atoms with E-state index in [9.17, 15) is 4.79 Å². The highest BCUT2D eigenvalue weighted by molar-refractivity contribution is 14.0. The largest absolute Gasteiger partial charge is 0.385 e. The molecule has 0 aromatic heterocycles. The topological polar surface area (TPSA) is 78.4 Å².